The minimum absolute atomic E-state index is 0.0541. The van der Waals surface area contributed by atoms with E-state index in [1.807, 2.05) is 13.0 Å². The highest BCUT2D eigenvalue weighted by Gasteiger charge is 2.31. The van der Waals surface area contributed by atoms with Crippen molar-refractivity contribution in [3.63, 3.8) is 0 Å². The minimum Gasteiger partial charge on any atom is -0.495 e. The first-order chi connectivity index (χ1) is 13.9. The van der Waals surface area contributed by atoms with Gasteiger partial charge in [-0.15, -0.1) is 0 Å². The fourth-order valence-corrected chi connectivity index (χ4v) is 4.81. The fourth-order valence-electron chi connectivity index (χ4n) is 4.08. The molecule has 6 nitrogen and oxygen atoms in total. The molecule has 0 aliphatic heterocycles. The highest BCUT2D eigenvalue weighted by atomic mass is 35.5. The lowest BCUT2D eigenvalue weighted by Crippen LogP contribution is -2.14. The Kier molecular flexibility index (Phi) is 5.23. The van der Waals surface area contributed by atoms with Crippen LogP contribution in [0.5, 0.6) is 5.75 Å². The van der Waals surface area contributed by atoms with Gasteiger partial charge in [0.15, 0.2) is 0 Å². The van der Waals surface area contributed by atoms with Gasteiger partial charge in [0, 0.05) is 22.3 Å². The average molecular weight is 432 g/mol. The third-order valence-corrected chi connectivity index (χ3v) is 6.40. The summed E-state index contributed by atoms with van der Waals surface area (Å²) in [6.45, 7) is 1.93. The monoisotopic (exact) mass is 431 g/mol. The molecule has 0 bridgehead atoms. The molecule has 1 atom stereocenters. The van der Waals surface area contributed by atoms with E-state index in [1.165, 1.54) is 6.07 Å². The van der Waals surface area contributed by atoms with Crippen LogP contribution < -0.4 is 4.74 Å². The van der Waals surface area contributed by atoms with Crippen LogP contribution in [0.15, 0.2) is 30.3 Å². The molecule has 29 heavy (non-hydrogen) atoms. The largest absolute Gasteiger partial charge is 0.495 e. The van der Waals surface area contributed by atoms with Crippen LogP contribution in [0, 0.1) is 17.0 Å². The number of aromatic amines is 1. The van der Waals surface area contributed by atoms with E-state index in [1.54, 1.807) is 25.3 Å². The van der Waals surface area contributed by atoms with Crippen LogP contribution in [0.4, 0.5) is 5.69 Å². The molecule has 0 unspecified atom stereocenters. The molecule has 2 aromatic carbocycles. The number of nitro groups is 1. The zero-order valence-electron chi connectivity index (χ0n) is 16.0. The molecule has 4 rings (SSSR count). The second kappa shape index (κ2) is 7.69. The third kappa shape index (κ3) is 3.36. The molecule has 1 aliphatic carbocycles. The first kappa shape index (κ1) is 19.7. The maximum atomic E-state index is 11.4. The number of rotatable bonds is 4. The Morgan fingerprint density at radius 2 is 2.03 bits per heavy atom. The Morgan fingerprint density at radius 1 is 1.28 bits per heavy atom. The highest BCUT2D eigenvalue weighted by molar-refractivity contribution is 6.37. The zero-order valence-corrected chi connectivity index (χ0v) is 17.5. The standard InChI is InChI=1S/C21H19Cl2N3O3/c1-11-9-17(29-2)20(23)18(19(11)22)12-7-8-13-15(10-12)24-25-21(13)14-5-3-4-6-16(14)26(27)28/h3-6,9,12H,7-8,10H2,1-2H3,(H,24,25)/t12-/m0/s1. The van der Waals surface area contributed by atoms with Crippen LogP contribution in [0.2, 0.25) is 10.0 Å². The van der Waals surface area contributed by atoms with E-state index < -0.39 is 0 Å². The maximum Gasteiger partial charge on any atom is 0.278 e. The number of para-hydroxylation sites is 1. The number of ether oxygens (including phenoxy) is 1. The predicted octanol–water partition coefficient (Wildman–Crippen LogP) is 5.88. The van der Waals surface area contributed by atoms with Crippen LogP contribution in [0.3, 0.4) is 0 Å². The van der Waals surface area contributed by atoms with E-state index in [0.29, 0.717) is 33.5 Å². The van der Waals surface area contributed by atoms with E-state index in [0.717, 1.165) is 35.2 Å². The second-order valence-electron chi connectivity index (χ2n) is 7.18. The van der Waals surface area contributed by atoms with Gasteiger partial charge in [0.05, 0.1) is 22.6 Å². The van der Waals surface area contributed by atoms with Crippen molar-refractivity contribution >= 4 is 28.9 Å². The van der Waals surface area contributed by atoms with Crippen molar-refractivity contribution < 1.29 is 9.66 Å². The van der Waals surface area contributed by atoms with Gasteiger partial charge in [-0.25, -0.2) is 0 Å². The summed E-state index contributed by atoms with van der Waals surface area (Å²) in [5.41, 5.74) is 5.01. The SMILES string of the molecule is COc1cc(C)c(Cl)c([C@H]2CCc3c(-c4ccccc4[N+](=O)[O-])n[nH]c3C2)c1Cl. The van der Waals surface area contributed by atoms with Gasteiger partial charge in [-0.3, -0.25) is 15.2 Å². The van der Waals surface area contributed by atoms with Crippen LogP contribution >= 0.6 is 23.2 Å². The van der Waals surface area contributed by atoms with Gasteiger partial charge < -0.3 is 4.74 Å². The van der Waals surface area contributed by atoms with Crippen molar-refractivity contribution in [1.82, 2.24) is 10.2 Å². The molecule has 1 N–H and O–H groups in total. The highest BCUT2D eigenvalue weighted by Crippen LogP contribution is 2.45. The van der Waals surface area contributed by atoms with Gasteiger partial charge in [0.25, 0.3) is 5.69 Å². The summed E-state index contributed by atoms with van der Waals surface area (Å²) in [7, 11) is 1.59. The zero-order chi connectivity index (χ0) is 20.7. The molecule has 150 valence electrons. The Labute approximate surface area is 177 Å². The molecule has 0 spiro atoms. The number of aromatic nitrogens is 2. The fraction of sp³-hybridized carbons (Fsp3) is 0.286. The number of nitrogens with zero attached hydrogens (tertiary/aromatic N) is 2. The Hall–Kier alpha value is -2.57. The van der Waals surface area contributed by atoms with Crippen molar-refractivity contribution in [3.05, 3.63) is 72.9 Å². The number of H-pyrrole nitrogens is 1. The summed E-state index contributed by atoms with van der Waals surface area (Å²) < 4.78 is 5.40. The molecule has 3 aromatic rings. The maximum absolute atomic E-state index is 11.4. The Balaban J connectivity index is 1.73. The molecule has 1 aliphatic rings. The summed E-state index contributed by atoms with van der Waals surface area (Å²) >= 11 is 13.2. The molecule has 0 saturated carbocycles. The van der Waals surface area contributed by atoms with Crippen molar-refractivity contribution in [2.24, 2.45) is 0 Å². The normalized spacial score (nSPS) is 15.8. The lowest BCUT2D eigenvalue weighted by Gasteiger charge is -2.26. The number of methoxy groups -OCH3 is 1. The van der Waals surface area contributed by atoms with E-state index in [-0.39, 0.29) is 16.5 Å². The predicted molar refractivity (Wildman–Crippen MR) is 113 cm³/mol. The van der Waals surface area contributed by atoms with Crippen molar-refractivity contribution in [1.29, 1.82) is 0 Å². The van der Waals surface area contributed by atoms with E-state index in [2.05, 4.69) is 10.2 Å². The van der Waals surface area contributed by atoms with Crippen LogP contribution in [0.1, 0.15) is 34.7 Å². The minimum atomic E-state index is -0.374. The Bertz CT molecular complexity index is 1110. The molecular formula is C21H19Cl2N3O3. The number of nitrogens with one attached hydrogen (secondary N) is 1. The molecule has 1 heterocycles. The average Bonchev–Trinajstić information content (AvgIpc) is 3.14. The molecular weight excluding hydrogens is 413 g/mol. The molecule has 0 saturated heterocycles. The lowest BCUT2D eigenvalue weighted by atomic mass is 9.81. The number of hydrogen-bond acceptors (Lipinski definition) is 4. The van der Waals surface area contributed by atoms with Gasteiger partial charge in [-0.2, -0.15) is 5.10 Å². The summed E-state index contributed by atoms with van der Waals surface area (Å²) in [6, 6.07) is 8.52. The number of hydrogen-bond donors (Lipinski definition) is 1. The molecule has 8 heteroatoms. The summed E-state index contributed by atoms with van der Waals surface area (Å²) in [6.07, 6.45) is 2.21. The number of aryl methyl sites for hydroxylation is 1. The van der Waals surface area contributed by atoms with Gasteiger partial charge in [-0.05, 0) is 55.4 Å². The first-order valence-corrected chi connectivity index (χ1v) is 10.00. The van der Waals surface area contributed by atoms with Crippen molar-refractivity contribution in [3.8, 4) is 17.0 Å². The quantitative estimate of drug-likeness (QED) is 0.412. The van der Waals surface area contributed by atoms with Crippen molar-refractivity contribution in [2.75, 3.05) is 7.11 Å². The third-order valence-electron chi connectivity index (χ3n) is 5.51. The van der Waals surface area contributed by atoms with Crippen LogP contribution in [-0.2, 0) is 12.8 Å². The topological polar surface area (TPSA) is 81.1 Å². The van der Waals surface area contributed by atoms with Gasteiger partial charge >= 0.3 is 0 Å². The lowest BCUT2D eigenvalue weighted by molar-refractivity contribution is -0.384. The number of halogens is 2. The number of fused-ring (bicyclic) bond motifs is 1. The van der Waals surface area contributed by atoms with Gasteiger partial charge in [0.1, 0.15) is 11.4 Å². The van der Waals surface area contributed by atoms with Crippen LogP contribution in [-0.4, -0.2) is 22.2 Å². The molecule has 0 amide bonds. The smallest absolute Gasteiger partial charge is 0.278 e. The van der Waals surface area contributed by atoms with Gasteiger partial charge in [-0.1, -0.05) is 35.3 Å². The van der Waals surface area contributed by atoms with Crippen molar-refractivity contribution in [2.45, 2.75) is 32.1 Å². The summed E-state index contributed by atoms with van der Waals surface area (Å²) in [5, 5.41) is 20.1. The number of nitro benzene ring substituents is 1. The van der Waals surface area contributed by atoms with E-state index in [9.17, 15) is 10.1 Å². The van der Waals surface area contributed by atoms with E-state index in [4.69, 9.17) is 27.9 Å². The molecule has 0 radical (unpaired) electrons. The summed E-state index contributed by atoms with van der Waals surface area (Å²) in [4.78, 5) is 11.0. The first-order valence-electron chi connectivity index (χ1n) is 9.24. The van der Waals surface area contributed by atoms with Crippen LogP contribution in [0.25, 0.3) is 11.3 Å². The summed E-state index contributed by atoms with van der Waals surface area (Å²) in [5.74, 6) is 0.718. The second-order valence-corrected chi connectivity index (χ2v) is 7.94. The molecule has 0 fully saturated rings. The van der Waals surface area contributed by atoms with Gasteiger partial charge in [0.2, 0.25) is 0 Å². The van der Waals surface area contributed by atoms with E-state index >= 15 is 0 Å². The molecule has 1 aromatic heterocycles. The number of benzene rings is 2. The Morgan fingerprint density at radius 3 is 2.76 bits per heavy atom.